The number of benzene rings is 1. The molecule has 0 unspecified atom stereocenters. The number of imidazole rings is 1. The van der Waals surface area contributed by atoms with Crippen molar-refractivity contribution in [1.29, 1.82) is 0 Å². The first-order valence-corrected chi connectivity index (χ1v) is 7.03. The molecule has 19 heavy (non-hydrogen) atoms. The number of Topliss-reactive ketones (excluding diaryl/α,β-unsaturated/α-hetero) is 1. The molecule has 0 spiro atoms. The van der Waals surface area contributed by atoms with Crippen LogP contribution in [0.1, 0.15) is 16.2 Å². The van der Waals surface area contributed by atoms with Gasteiger partial charge in [-0.3, -0.25) is 9.69 Å². The highest BCUT2D eigenvalue weighted by Crippen LogP contribution is 2.14. The second kappa shape index (κ2) is 5.27. The van der Waals surface area contributed by atoms with E-state index in [2.05, 4.69) is 30.4 Å². The zero-order valence-electron chi connectivity index (χ0n) is 10.4. The molecule has 3 rings (SSSR count). The largest absolute Gasteiger partial charge is 0.333 e. The highest BCUT2D eigenvalue weighted by atomic mass is 79.9. The van der Waals surface area contributed by atoms with Crippen molar-refractivity contribution in [3.8, 4) is 0 Å². The molecule has 1 aliphatic rings. The third-order valence-electron chi connectivity index (χ3n) is 3.36. The number of carbonyl (C=O) groups is 1. The lowest BCUT2D eigenvalue weighted by molar-refractivity contribution is 0.0908. The predicted octanol–water partition coefficient (Wildman–Crippen LogP) is 2.34. The molecular weight excluding hydrogens is 306 g/mol. The van der Waals surface area contributed by atoms with Crippen LogP contribution in [-0.4, -0.2) is 33.3 Å². The van der Waals surface area contributed by atoms with Crippen molar-refractivity contribution in [2.24, 2.45) is 0 Å². The van der Waals surface area contributed by atoms with E-state index in [1.54, 1.807) is 0 Å². The highest BCUT2D eigenvalue weighted by Gasteiger charge is 2.19. The van der Waals surface area contributed by atoms with E-state index in [1.807, 2.05) is 36.7 Å². The van der Waals surface area contributed by atoms with Gasteiger partial charge >= 0.3 is 0 Å². The van der Waals surface area contributed by atoms with E-state index in [9.17, 15) is 4.79 Å². The Morgan fingerprint density at radius 1 is 1.26 bits per heavy atom. The molecule has 1 aromatic heterocycles. The molecule has 0 amide bonds. The molecule has 0 atom stereocenters. The third-order valence-corrected chi connectivity index (χ3v) is 3.89. The molecule has 0 radical (unpaired) electrons. The Labute approximate surface area is 120 Å². The Morgan fingerprint density at radius 3 is 2.84 bits per heavy atom. The molecule has 5 heteroatoms. The fraction of sp³-hybridized carbons (Fsp3) is 0.286. The number of hydrogen-bond acceptors (Lipinski definition) is 3. The number of hydrogen-bond donors (Lipinski definition) is 0. The molecular formula is C14H14BrN3O. The van der Waals surface area contributed by atoms with Crippen LogP contribution in [0.3, 0.4) is 0 Å². The average Bonchev–Trinajstić information content (AvgIpc) is 2.87. The average molecular weight is 320 g/mol. The van der Waals surface area contributed by atoms with Gasteiger partial charge in [-0.1, -0.05) is 28.1 Å². The quantitative estimate of drug-likeness (QED) is 0.815. The Hall–Kier alpha value is -1.46. The number of carbonyl (C=O) groups excluding carboxylic acids is 1. The van der Waals surface area contributed by atoms with Crippen molar-refractivity contribution >= 4 is 21.7 Å². The summed E-state index contributed by atoms with van der Waals surface area (Å²) in [5, 5.41) is 0. The second-order valence-corrected chi connectivity index (χ2v) is 5.59. The van der Waals surface area contributed by atoms with Crippen molar-refractivity contribution in [3.05, 3.63) is 52.5 Å². The van der Waals surface area contributed by atoms with Crippen molar-refractivity contribution < 1.29 is 4.79 Å². The minimum absolute atomic E-state index is 0.160. The molecule has 0 saturated carbocycles. The summed E-state index contributed by atoms with van der Waals surface area (Å²) in [6.45, 7) is 3.00. The summed E-state index contributed by atoms with van der Waals surface area (Å²) in [7, 11) is 0. The van der Waals surface area contributed by atoms with Gasteiger partial charge in [0.15, 0.2) is 5.78 Å². The fourth-order valence-corrected chi connectivity index (χ4v) is 2.55. The molecule has 1 aliphatic heterocycles. The topological polar surface area (TPSA) is 38.1 Å². The fourth-order valence-electron chi connectivity index (χ4n) is 2.29. The molecule has 0 saturated heterocycles. The van der Waals surface area contributed by atoms with Crippen LogP contribution in [0.2, 0.25) is 0 Å². The summed E-state index contributed by atoms with van der Waals surface area (Å²) in [6.07, 6.45) is 3.80. The van der Waals surface area contributed by atoms with E-state index < -0.39 is 0 Å². The van der Waals surface area contributed by atoms with Crippen LogP contribution >= 0.6 is 15.9 Å². The molecule has 0 bridgehead atoms. The lowest BCUT2D eigenvalue weighted by Gasteiger charge is -2.26. The van der Waals surface area contributed by atoms with Gasteiger partial charge in [0.25, 0.3) is 0 Å². The van der Waals surface area contributed by atoms with E-state index in [-0.39, 0.29) is 5.78 Å². The Balaban J connectivity index is 1.66. The van der Waals surface area contributed by atoms with Gasteiger partial charge < -0.3 is 4.57 Å². The van der Waals surface area contributed by atoms with E-state index in [4.69, 9.17) is 0 Å². The van der Waals surface area contributed by atoms with E-state index in [1.165, 1.54) is 0 Å². The monoisotopic (exact) mass is 319 g/mol. The number of rotatable bonds is 3. The van der Waals surface area contributed by atoms with Gasteiger partial charge in [0, 0.05) is 35.5 Å². The van der Waals surface area contributed by atoms with Crippen LogP contribution in [0, 0.1) is 0 Å². The second-order valence-electron chi connectivity index (χ2n) is 4.68. The zero-order valence-corrected chi connectivity index (χ0v) is 12.0. The van der Waals surface area contributed by atoms with Crippen molar-refractivity contribution in [1.82, 2.24) is 14.5 Å². The molecule has 0 aliphatic carbocycles. The lowest BCUT2D eigenvalue weighted by atomic mass is 10.1. The molecule has 98 valence electrons. The standard InChI is InChI=1S/C14H14BrN3O/c15-12-3-1-11(2-4-12)13(19)9-17-7-8-18-6-5-16-14(18)10-17/h1-6H,7-10H2. The third kappa shape index (κ3) is 2.77. The van der Waals surface area contributed by atoms with Crippen molar-refractivity contribution in [3.63, 3.8) is 0 Å². The van der Waals surface area contributed by atoms with Gasteiger partial charge in [0.05, 0.1) is 13.1 Å². The lowest BCUT2D eigenvalue weighted by Crippen LogP contribution is -2.37. The zero-order chi connectivity index (χ0) is 13.2. The van der Waals surface area contributed by atoms with Gasteiger partial charge in [-0.15, -0.1) is 0 Å². The summed E-state index contributed by atoms with van der Waals surface area (Å²) in [4.78, 5) is 18.6. The van der Waals surface area contributed by atoms with Crippen molar-refractivity contribution in [2.45, 2.75) is 13.1 Å². The maximum Gasteiger partial charge on any atom is 0.176 e. The summed E-state index contributed by atoms with van der Waals surface area (Å²) in [5.41, 5.74) is 0.761. The van der Waals surface area contributed by atoms with Crippen LogP contribution in [0.25, 0.3) is 0 Å². The van der Waals surface area contributed by atoms with Crippen LogP contribution in [0.5, 0.6) is 0 Å². The predicted molar refractivity (Wildman–Crippen MR) is 76.0 cm³/mol. The van der Waals surface area contributed by atoms with E-state index >= 15 is 0 Å². The van der Waals surface area contributed by atoms with Crippen LogP contribution in [0.4, 0.5) is 0 Å². The van der Waals surface area contributed by atoms with Gasteiger partial charge in [0.1, 0.15) is 5.82 Å². The highest BCUT2D eigenvalue weighted by molar-refractivity contribution is 9.10. The summed E-state index contributed by atoms with van der Waals surface area (Å²) < 4.78 is 3.13. The van der Waals surface area contributed by atoms with E-state index in [0.29, 0.717) is 6.54 Å². The smallest absolute Gasteiger partial charge is 0.176 e. The molecule has 1 aromatic carbocycles. The van der Waals surface area contributed by atoms with Gasteiger partial charge in [0.2, 0.25) is 0 Å². The number of halogens is 1. The maximum absolute atomic E-state index is 12.2. The molecule has 0 N–H and O–H groups in total. The van der Waals surface area contributed by atoms with Crippen molar-refractivity contribution in [2.75, 3.05) is 13.1 Å². The van der Waals surface area contributed by atoms with Gasteiger partial charge in [-0.05, 0) is 12.1 Å². The van der Waals surface area contributed by atoms with Crippen LogP contribution in [-0.2, 0) is 13.1 Å². The van der Waals surface area contributed by atoms with Gasteiger partial charge in [-0.25, -0.2) is 4.98 Å². The Morgan fingerprint density at radius 2 is 2.05 bits per heavy atom. The normalized spacial score (nSPS) is 15.2. The molecule has 4 nitrogen and oxygen atoms in total. The number of nitrogens with zero attached hydrogens (tertiary/aromatic N) is 3. The molecule has 2 heterocycles. The Bertz CT molecular complexity index is 591. The summed E-state index contributed by atoms with van der Waals surface area (Å²) in [5.74, 6) is 1.20. The summed E-state index contributed by atoms with van der Waals surface area (Å²) >= 11 is 3.37. The van der Waals surface area contributed by atoms with E-state index in [0.717, 1.165) is 35.5 Å². The van der Waals surface area contributed by atoms with Crippen LogP contribution in [0.15, 0.2) is 41.1 Å². The molecule has 0 fully saturated rings. The first-order chi connectivity index (χ1) is 9.22. The Kier molecular flexibility index (Phi) is 3.48. The first kappa shape index (κ1) is 12.6. The first-order valence-electron chi connectivity index (χ1n) is 6.23. The number of aromatic nitrogens is 2. The SMILES string of the molecule is O=C(CN1CCn2ccnc2C1)c1ccc(Br)cc1. The van der Waals surface area contributed by atoms with Gasteiger partial charge in [-0.2, -0.15) is 0 Å². The molecule has 2 aromatic rings. The number of fused-ring (bicyclic) bond motifs is 1. The minimum atomic E-state index is 0.160. The number of ketones is 1. The van der Waals surface area contributed by atoms with Crippen LogP contribution < -0.4 is 0 Å². The maximum atomic E-state index is 12.2. The summed E-state index contributed by atoms with van der Waals surface area (Å²) in [6, 6.07) is 7.51. The minimum Gasteiger partial charge on any atom is -0.333 e.